The third kappa shape index (κ3) is 3.74. The smallest absolute Gasteiger partial charge is 0.166 e. The summed E-state index contributed by atoms with van der Waals surface area (Å²) in [5.41, 5.74) is 2.77. The van der Waals surface area contributed by atoms with Crippen LogP contribution in [0.25, 0.3) is 22.6 Å². The van der Waals surface area contributed by atoms with Crippen molar-refractivity contribution < 1.29 is 9.47 Å². The molecule has 164 valence electrons. The van der Waals surface area contributed by atoms with Crippen molar-refractivity contribution in [1.29, 1.82) is 0 Å². The minimum absolute atomic E-state index is 0.285. The summed E-state index contributed by atoms with van der Waals surface area (Å²) in [6, 6.07) is 8.37. The van der Waals surface area contributed by atoms with Crippen LogP contribution in [0.4, 0.5) is 5.82 Å². The maximum atomic E-state index is 5.69. The molecule has 2 saturated heterocycles. The molecule has 8 nitrogen and oxygen atoms in total. The van der Waals surface area contributed by atoms with Crippen molar-refractivity contribution in [3.05, 3.63) is 30.1 Å². The van der Waals surface area contributed by atoms with Gasteiger partial charge < -0.3 is 23.8 Å². The number of anilines is 1. The Morgan fingerprint density at radius 3 is 2.48 bits per heavy atom. The third-order valence-electron chi connectivity index (χ3n) is 6.34. The van der Waals surface area contributed by atoms with Crippen molar-refractivity contribution in [1.82, 2.24) is 24.4 Å². The Morgan fingerprint density at radius 1 is 1.00 bits per heavy atom. The quantitative estimate of drug-likeness (QED) is 0.640. The fraction of sp³-hybridized carbons (Fsp3) is 0.522. The first-order valence-corrected chi connectivity index (χ1v) is 11.1. The number of aryl methyl sites for hydroxylation is 1. The van der Waals surface area contributed by atoms with E-state index in [4.69, 9.17) is 24.4 Å². The lowest BCUT2D eigenvalue weighted by Gasteiger charge is -2.33. The Morgan fingerprint density at radius 2 is 1.74 bits per heavy atom. The van der Waals surface area contributed by atoms with Gasteiger partial charge in [-0.1, -0.05) is 12.1 Å². The van der Waals surface area contributed by atoms with Gasteiger partial charge in [-0.05, 0) is 38.9 Å². The number of imidazole rings is 1. The molecule has 2 aromatic heterocycles. The van der Waals surface area contributed by atoms with Gasteiger partial charge in [0.15, 0.2) is 17.0 Å². The van der Waals surface area contributed by atoms with Crippen molar-refractivity contribution in [3.63, 3.8) is 0 Å². The van der Waals surface area contributed by atoms with E-state index in [1.807, 2.05) is 25.1 Å². The monoisotopic (exact) mass is 422 g/mol. The number of piperazine rings is 1. The molecule has 0 amide bonds. The SMILES string of the molecule is COc1ccccc1-c1nc2c(N3CCN(C)CC3)nc(C)nc2n1C1CCOCC1. The fourth-order valence-electron chi connectivity index (χ4n) is 4.61. The highest BCUT2D eigenvalue weighted by Gasteiger charge is 2.28. The van der Waals surface area contributed by atoms with Crippen LogP contribution in [-0.2, 0) is 4.74 Å². The molecule has 4 heterocycles. The highest BCUT2D eigenvalue weighted by atomic mass is 16.5. The molecule has 0 atom stereocenters. The molecule has 5 rings (SSSR count). The molecule has 2 fully saturated rings. The zero-order valence-electron chi connectivity index (χ0n) is 18.5. The summed E-state index contributed by atoms with van der Waals surface area (Å²) in [7, 11) is 3.87. The lowest BCUT2D eigenvalue weighted by molar-refractivity contribution is 0.0708. The first-order valence-electron chi connectivity index (χ1n) is 11.1. The van der Waals surface area contributed by atoms with Gasteiger partial charge in [-0.3, -0.25) is 0 Å². The summed E-state index contributed by atoms with van der Waals surface area (Å²) in [4.78, 5) is 19.6. The molecule has 2 aliphatic rings. The second-order valence-corrected chi connectivity index (χ2v) is 8.41. The number of likely N-dealkylation sites (N-methyl/N-ethyl adjacent to an activating group) is 1. The first kappa shape index (κ1) is 20.2. The average molecular weight is 423 g/mol. The molecule has 31 heavy (non-hydrogen) atoms. The molecule has 2 aliphatic heterocycles. The van der Waals surface area contributed by atoms with Gasteiger partial charge >= 0.3 is 0 Å². The third-order valence-corrected chi connectivity index (χ3v) is 6.34. The van der Waals surface area contributed by atoms with Crippen molar-refractivity contribution in [2.75, 3.05) is 58.5 Å². The molecular formula is C23H30N6O2. The fourth-order valence-corrected chi connectivity index (χ4v) is 4.61. The van der Waals surface area contributed by atoms with Crippen LogP contribution in [0.5, 0.6) is 5.75 Å². The number of rotatable bonds is 4. The van der Waals surface area contributed by atoms with E-state index in [0.29, 0.717) is 0 Å². The van der Waals surface area contributed by atoms with Gasteiger partial charge in [0.25, 0.3) is 0 Å². The summed E-state index contributed by atoms with van der Waals surface area (Å²) in [6.45, 7) is 7.40. The lowest BCUT2D eigenvalue weighted by Crippen LogP contribution is -2.45. The maximum Gasteiger partial charge on any atom is 0.166 e. The van der Waals surface area contributed by atoms with Gasteiger partial charge in [0, 0.05) is 45.4 Å². The maximum absolute atomic E-state index is 5.69. The minimum Gasteiger partial charge on any atom is -0.496 e. The number of fused-ring (bicyclic) bond motifs is 1. The van der Waals surface area contributed by atoms with E-state index >= 15 is 0 Å². The van der Waals surface area contributed by atoms with Gasteiger partial charge in [-0.15, -0.1) is 0 Å². The number of hydrogen-bond acceptors (Lipinski definition) is 7. The van der Waals surface area contributed by atoms with Gasteiger partial charge in [-0.2, -0.15) is 0 Å². The topological polar surface area (TPSA) is 68.5 Å². The number of para-hydroxylation sites is 1. The van der Waals surface area contributed by atoms with E-state index in [0.717, 1.165) is 92.2 Å². The van der Waals surface area contributed by atoms with E-state index in [-0.39, 0.29) is 6.04 Å². The normalized spacial score (nSPS) is 18.6. The number of hydrogen-bond donors (Lipinski definition) is 0. The van der Waals surface area contributed by atoms with Gasteiger partial charge in [0.2, 0.25) is 0 Å². The second-order valence-electron chi connectivity index (χ2n) is 8.41. The first-order chi connectivity index (χ1) is 15.2. The number of nitrogens with zero attached hydrogens (tertiary/aromatic N) is 6. The van der Waals surface area contributed by atoms with E-state index in [2.05, 4.69) is 27.5 Å². The van der Waals surface area contributed by atoms with Crippen LogP contribution in [0.15, 0.2) is 24.3 Å². The van der Waals surface area contributed by atoms with E-state index in [1.165, 1.54) is 0 Å². The molecule has 0 bridgehead atoms. The van der Waals surface area contributed by atoms with Gasteiger partial charge in [0.05, 0.1) is 12.7 Å². The number of ether oxygens (including phenoxy) is 2. The summed E-state index contributed by atoms with van der Waals surface area (Å²) in [5.74, 6) is 3.44. The lowest BCUT2D eigenvalue weighted by atomic mass is 10.1. The molecule has 1 aromatic carbocycles. The van der Waals surface area contributed by atoms with Crippen molar-refractivity contribution in [2.45, 2.75) is 25.8 Å². The van der Waals surface area contributed by atoms with Crippen LogP contribution in [0.2, 0.25) is 0 Å². The number of aromatic nitrogens is 4. The van der Waals surface area contributed by atoms with Crippen LogP contribution in [0, 0.1) is 6.92 Å². The molecule has 8 heteroatoms. The minimum atomic E-state index is 0.285. The van der Waals surface area contributed by atoms with Crippen molar-refractivity contribution >= 4 is 17.0 Å². The summed E-state index contributed by atoms with van der Waals surface area (Å²) in [5, 5.41) is 0. The molecular weight excluding hydrogens is 392 g/mol. The van der Waals surface area contributed by atoms with Crippen LogP contribution in [0.1, 0.15) is 24.7 Å². The Bertz CT molecular complexity index is 1070. The summed E-state index contributed by atoms with van der Waals surface area (Å²) < 4.78 is 13.6. The standard InChI is InChI=1S/C23H30N6O2/c1-16-24-22(28-12-10-27(2)11-13-28)20-23(25-16)29(17-8-14-31-15-9-17)21(26-20)18-6-4-5-7-19(18)30-3/h4-7,17H,8-15H2,1-3H3. The zero-order chi connectivity index (χ0) is 21.4. The highest BCUT2D eigenvalue weighted by Crippen LogP contribution is 2.38. The molecule has 0 radical (unpaired) electrons. The Balaban J connectivity index is 1.72. The molecule has 3 aromatic rings. The Hall–Kier alpha value is -2.71. The highest BCUT2D eigenvalue weighted by molar-refractivity contribution is 5.88. The largest absolute Gasteiger partial charge is 0.496 e. The zero-order valence-corrected chi connectivity index (χ0v) is 18.5. The molecule has 0 spiro atoms. The second kappa shape index (κ2) is 8.43. The molecule has 0 N–H and O–H groups in total. The average Bonchev–Trinajstić information content (AvgIpc) is 3.18. The van der Waals surface area contributed by atoms with Crippen LogP contribution in [-0.4, -0.2) is 78.0 Å². The Labute approximate surface area is 182 Å². The summed E-state index contributed by atoms with van der Waals surface area (Å²) >= 11 is 0. The molecule has 0 aliphatic carbocycles. The van der Waals surface area contributed by atoms with Crippen molar-refractivity contribution in [3.8, 4) is 17.1 Å². The van der Waals surface area contributed by atoms with Gasteiger partial charge in [0.1, 0.15) is 17.4 Å². The van der Waals surface area contributed by atoms with Gasteiger partial charge in [-0.25, -0.2) is 15.0 Å². The van der Waals surface area contributed by atoms with Crippen molar-refractivity contribution in [2.24, 2.45) is 0 Å². The van der Waals surface area contributed by atoms with E-state index < -0.39 is 0 Å². The van der Waals surface area contributed by atoms with E-state index in [1.54, 1.807) is 7.11 Å². The number of methoxy groups -OCH3 is 1. The Kier molecular flexibility index (Phi) is 5.50. The summed E-state index contributed by atoms with van der Waals surface area (Å²) in [6.07, 6.45) is 1.89. The van der Waals surface area contributed by atoms with Crippen LogP contribution < -0.4 is 9.64 Å². The van der Waals surface area contributed by atoms with Crippen LogP contribution >= 0.6 is 0 Å². The molecule has 0 unspecified atom stereocenters. The predicted octanol–water partition coefficient (Wildman–Crippen LogP) is 2.91. The molecule has 0 saturated carbocycles. The van der Waals surface area contributed by atoms with E-state index in [9.17, 15) is 0 Å². The van der Waals surface area contributed by atoms with Crippen LogP contribution in [0.3, 0.4) is 0 Å². The number of benzene rings is 1. The predicted molar refractivity (Wildman–Crippen MR) is 121 cm³/mol.